The summed E-state index contributed by atoms with van der Waals surface area (Å²) in [6.45, 7) is 7.99. The summed E-state index contributed by atoms with van der Waals surface area (Å²) in [5.74, 6) is 1.59. The first kappa shape index (κ1) is 18.6. The van der Waals surface area contributed by atoms with E-state index in [9.17, 15) is 0 Å². The van der Waals surface area contributed by atoms with Gasteiger partial charge >= 0.3 is 0 Å². The summed E-state index contributed by atoms with van der Waals surface area (Å²) >= 11 is 0. The number of aliphatic imine (C=N–C) groups is 1. The predicted molar refractivity (Wildman–Crippen MR) is 106 cm³/mol. The maximum absolute atomic E-state index is 4.73. The molecule has 0 unspecified atom stereocenters. The van der Waals surface area contributed by atoms with Crippen LogP contribution in [0.2, 0.25) is 0 Å². The van der Waals surface area contributed by atoms with Gasteiger partial charge in [-0.25, -0.2) is 14.7 Å². The number of aromatic nitrogens is 5. The van der Waals surface area contributed by atoms with Crippen molar-refractivity contribution in [2.75, 3.05) is 6.54 Å². The van der Waals surface area contributed by atoms with E-state index in [0.717, 1.165) is 41.0 Å². The minimum atomic E-state index is 0.544. The van der Waals surface area contributed by atoms with E-state index in [2.05, 4.69) is 50.9 Å². The van der Waals surface area contributed by atoms with Crippen molar-refractivity contribution in [3.8, 4) is 5.69 Å². The third kappa shape index (κ3) is 4.52. The summed E-state index contributed by atoms with van der Waals surface area (Å²) in [4.78, 5) is 8.96. The molecule has 1 aromatic carbocycles. The fourth-order valence-electron chi connectivity index (χ4n) is 2.87. The Morgan fingerprint density at radius 3 is 2.67 bits per heavy atom. The lowest BCUT2D eigenvalue weighted by Crippen LogP contribution is -2.37. The molecule has 2 N–H and O–H groups in total. The topological polar surface area (TPSA) is 84.9 Å². The molecule has 2 aromatic heterocycles. The molecule has 142 valence electrons. The molecule has 3 aromatic rings. The van der Waals surface area contributed by atoms with Crippen molar-refractivity contribution in [1.29, 1.82) is 0 Å². The normalized spacial score (nSPS) is 11.6. The highest BCUT2D eigenvalue weighted by molar-refractivity contribution is 5.79. The number of rotatable bonds is 6. The van der Waals surface area contributed by atoms with E-state index in [0.29, 0.717) is 13.1 Å². The zero-order chi connectivity index (χ0) is 19.2. The van der Waals surface area contributed by atoms with Gasteiger partial charge in [-0.05, 0) is 38.5 Å². The van der Waals surface area contributed by atoms with Crippen molar-refractivity contribution in [2.24, 2.45) is 12.0 Å². The number of nitrogens with one attached hydrogen (secondary N) is 2. The van der Waals surface area contributed by atoms with Gasteiger partial charge in [0, 0.05) is 19.3 Å². The fourth-order valence-corrected chi connectivity index (χ4v) is 2.87. The Kier molecular flexibility index (Phi) is 5.85. The lowest BCUT2D eigenvalue weighted by Gasteiger charge is -2.13. The van der Waals surface area contributed by atoms with Crippen LogP contribution in [-0.2, 0) is 20.1 Å². The van der Waals surface area contributed by atoms with Crippen molar-refractivity contribution in [3.63, 3.8) is 0 Å². The van der Waals surface area contributed by atoms with Gasteiger partial charge in [0.15, 0.2) is 5.96 Å². The first-order valence-electron chi connectivity index (χ1n) is 9.05. The lowest BCUT2D eigenvalue weighted by atomic mass is 10.2. The van der Waals surface area contributed by atoms with E-state index in [1.165, 1.54) is 0 Å². The summed E-state index contributed by atoms with van der Waals surface area (Å²) in [7, 11) is 1.87. The van der Waals surface area contributed by atoms with Crippen molar-refractivity contribution in [3.05, 3.63) is 59.4 Å². The van der Waals surface area contributed by atoms with Crippen LogP contribution < -0.4 is 10.6 Å². The number of hydrogen-bond acceptors (Lipinski definition) is 4. The molecule has 0 bridgehead atoms. The second-order valence-electron chi connectivity index (χ2n) is 6.32. The van der Waals surface area contributed by atoms with E-state index in [1.54, 1.807) is 11.0 Å². The number of para-hydroxylation sites is 1. The molecule has 8 nitrogen and oxygen atoms in total. The Morgan fingerprint density at radius 1 is 1.19 bits per heavy atom. The van der Waals surface area contributed by atoms with Crippen LogP contribution in [0.3, 0.4) is 0 Å². The molecule has 0 saturated carbocycles. The van der Waals surface area contributed by atoms with Crippen molar-refractivity contribution < 1.29 is 0 Å². The third-order valence-corrected chi connectivity index (χ3v) is 4.20. The van der Waals surface area contributed by atoms with Gasteiger partial charge in [0.25, 0.3) is 0 Å². The van der Waals surface area contributed by atoms with Crippen LogP contribution in [0.4, 0.5) is 0 Å². The lowest BCUT2D eigenvalue weighted by molar-refractivity contribution is 0.673. The van der Waals surface area contributed by atoms with Crippen molar-refractivity contribution in [1.82, 2.24) is 35.2 Å². The molecule has 3 rings (SSSR count). The smallest absolute Gasteiger partial charge is 0.191 e. The van der Waals surface area contributed by atoms with Gasteiger partial charge in [-0.1, -0.05) is 18.2 Å². The quantitative estimate of drug-likeness (QED) is 0.514. The van der Waals surface area contributed by atoms with Crippen LogP contribution in [0, 0.1) is 13.8 Å². The minimum absolute atomic E-state index is 0.544. The average Bonchev–Trinajstić information content (AvgIpc) is 3.22. The highest BCUT2D eigenvalue weighted by atomic mass is 15.3. The minimum Gasteiger partial charge on any atom is -0.357 e. The molecule has 0 amide bonds. The van der Waals surface area contributed by atoms with Gasteiger partial charge in [-0.3, -0.25) is 4.68 Å². The SMILES string of the molecule is CCNC(=NCc1ccccc1-n1nc(C)cc1C)NCc1ncnn1C. The molecule has 0 saturated heterocycles. The highest BCUT2D eigenvalue weighted by Gasteiger charge is 2.09. The van der Waals surface area contributed by atoms with Gasteiger partial charge in [0.2, 0.25) is 0 Å². The maximum Gasteiger partial charge on any atom is 0.191 e. The van der Waals surface area contributed by atoms with Crippen LogP contribution in [-0.4, -0.2) is 37.0 Å². The third-order valence-electron chi connectivity index (χ3n) is 4.20. The summed E-state index contributed by atoms with van der Waals surface area (Å²) in [6.07, 6.45) is 1.55. The molecule has 0 aliphatic heterocycles. The fraction of sp³-hybridized carbons (Fsp3) is 0.368. The molecular weight excluding hydrogens is 340 g/mol. The van der Waals surface area contributed by atoms with E-state index in [4.69, 9.17) is 4.99 Å². The van der Waals surface area contributed by atoms with E-state index >= 15 is 0 Å². The first-order chi connectivity index (χ1) is 13.1. The number of benzene rings is 1. The van der Waals surface area contributed by atoms with Gasteiger partial charge in [0.1, 0.15) is 12.2 Å². The van der Waals surface area contributed by atoms with Gasteiger partial charge in [0.05, 0.1) is 24.5 Å². The van der Waals surface area contributed by atoms with Crippen molar-refractivity contribution >= 4 is 5.96 Å². The molecule has 0 spiro atoms. The standard InChI is InChI=1S/C19H26N8/c1-5-20-19(22-12-18-23-13-24-26(18)4)21-11-16-8-6-7-9-17(16)27-15(3)10-14(2)25-27/h6-10,13H,5,11-12H2,1-4H3,(H2,20,21,22). The van der Waals surface area contributed by atoms with Gasteiger partial charge < -0.3 is 10.6 Å². The summed E-state index contributed by atoms with van der Waals surface area (Å²) in [5, 5.41) is 15.3. The Labute approximate surface area is 159 Å². The van der Waals surface area contributed by atoms with Crippen LogP contribution >= 0.6 is 0 Å². The Bertz CT molecular complexity index is 921. The molecule has 2 heterocycles. The second-order valence-corrected chi connectivity index (χ2v) is 6.32. The van der Waals surface area contributed by atoms with E-state index < -0.39 is 0 Å². The monoisotopic (exact) mass is 366 g/mol. The zero-order valence-electron chi connectivity index (χ0n) is 16.3. The van der Waals surface area contributed by atoms with E-state index in [-0.39, 0.29) is 0 Å². The number of guanidine groups is 1. The van der Waals surface area contributed by atoms with Crippen LogP contribution in [0.25, 0.3) is 5.69 Å². The highest BCUT2D eigenvalue weighted by Crippen LogP contribution is 2.17. The van der Waals surface area contributed by atoms with Gasteiger partial charge in [-0.15, -0.1) is 0 Å². The largest absolute Gasteiger partial charge is 0.357 e. The molecule has 0 fully saturated rings. The van der Waals surface area contributed by atoms with Gasteiger partial charge in [-0.2, -0.15) is 10.2 Å². The summed E-state index contributed by atoms with van der Waals surface area (Å²) in [5.41, 5.74) is 4.27. The molecule has 8 heteroatoms. The Hall–Kier alpha value is -3.16. The second kappa shape index (κ2) is 8.48. The maximum atomic E-state index is 4.73. The summed E-state index contributed by atoms with van der Waals surface area (Å²) in [6, 6.07) is 10.3. The molecular formula is C19H26N8. The average molecular weight is 366 g/mol. The first-order valence-corrected chi connectivity index (χ1v) is 9.05. The number of hydrogen-bond donors (Lipinski definition) is 2. The molecule has 0 aliphatic carbocycles. The van der Waals surface area contributed by atoms with Crippen LogP contribution in [0.1, 0.15) is 29.7 Å². The van der Waals surface area contributed by atoms with Crippen molar-refractivity contribution in [2.45, 2.75) is 33.9 Å². The number of aryl methyl sites for hydroxylation is 3. The molecule has 0 atom stereocenters. The summed E-state index contributed by atoms with van der Waals surface area (Å²) < 4.78 is 3.72. The molecule has 0 radical (unpaired) electrons. The zero-order valence-corrected chi connectivity index (χ0v) is 16.3. The van der Waals surface area contributed by atoms with Crippen LogP contribution in [0.15, 0.2) is 41.7 Å². The molecule has 0 aliphatic rings. The number of nitrogens with zero attached hydrogens (tertiary/aromatic N) is 6. The van der Waals surface area contributed by atoms with Crippen LogP contribution in [0.5, 0.6) is 0 Å². The molecule has 27 heavy (non-hydrogen) atoms. The predicted octanol–water partition coefficient (Wildman–Crippen LogP) is 1.87. The van der Waals surface area contributed by atoms with E-state index in [1.807, 2.05) is 37.7 Å². The Balaban J connectivity index is 1.78. The Morgan fingerprint density at radius 2 is 2.00 bits per heavy atom.